The Morgan fingerprint density at radius 3 is 2.36 bits per heavy atom. The Balaban J connectivity index is 0.00000280. The predicted molar refractivity (Wildman–Crippen MR) is 115 cm³/mol. The number of benzene rings is 1. The molecule has 0 amide bonds. The van der Waals surface area contributed by atoms with Gasteiger partial charge in [-0.1, -0.05) is 37.0 Å². The summed E-state index contributed by atoms with van der Waals surface area (Å²) < 4.78 is 28.5. The van der Waals surface area contributed by atoms with E-state index in [1.165, 1.54) is 29.5 Å². The lowest BCUT2D eigenvalue weighted by atomic mass is 10.1. The molecule has 28 heavy (non-hydrogen) atoms. The molecule has 152 valence electrons. The minimum Gasteiger partial charge on any atom is -0.388 e. The molecule has 0 atom stereocenters. The van der Waals surface area contributed by atoms with E-state index in [9.17, 15) is 13.5 Å². The first-order valence-corrected chi connectivity index (χ1v) is 11.3. The quantitative estimate of drug-likeness (QED) is 0.527. The summed E-state index contributed by atoms with van der Waals surface area (Å²) in [6.07, 6.45) is 0. The highest BCUT2D eigenvalue weighted by Gasteiger charge is 2.31. The number of sulfone groups is 1. The van der Waals surface area contributed by atoms with Crippen LogP contribution in [-0.4, -0.2) is 23.1 Å². The van der Waals surface area contributed by atoms with Crippen molar-refractivity contribution >= 4 is 56.8 Å². The molecule has 0 aliphatic rings. The molecule has 0 fully saturated rings. The Bertz CT molecular complexity index is 1040. The normalized spacial score (nSPS) is 11.6. The first-order chi connectivity index (χ1) is 12.7. The number of nitrogens with zero attached hydrogens (tertiary/aromatic N) is 2. The molecule has 0 aliphatic carbocycles. The van der Waals surface area contributed by atoms with E-state index in [2.05, 4.69) is 4.98 Å². The molecule has 5 nitrogen and oxygen atoms in total. The third-order valence-corrected chi connectivity index (χ3v) is 7.00. The fraction of sp³-hybridized carbons (Fsp3) is 0.278. The van der Waals surface area contributed by atoms with Gasteiger partial charge in [0, 0.05) is 10.0 Å². The van der Waals surface area contributed by atoms with Crippen LogP contribution >= 0.6 is 46.9 Å². The highest BCUT2D eigenvalue weighted by Crippen LogP contribution is 2.33. The zero-order chi connectivity index (χ0) is 19.8. The molecule has 0 saturated heterocycles. The van der Waals surface area contributed by atoms with Crippen LogP contribution in [0, 0.1) is 0 Å². The Morgan fingerprint density at radius 2 is 1.86 bits per heavy atom. The van der Waals surface area contributed by atoms with Crippen molar-refractivity contribution in [1.82, 2.24) is 9.55 Å². The third kappa shape index (κ3) is 4.56. The van der Waals surface area contributed by atoms with Crippen molar-refractivity contribution in [3.8, 4) is 0 Å². The van der Waals surface area contributed by atoms with Gasteiger partial charge in [-0.25, -0.2) is 13.4 Å². The van der Waals surface area contributed by atoms with Gasteiger partial charge in [-0.3, -0.25) is 0 Å². The summed E-state index contributed by atoms with van der Waals surface area (Å²) in [6, 6.07) is 6.13. The lowest BCUT2D eigenvalue weighted by molar-refractivity contribution is 0.264. The number of aromatic nitrogens is 2. The van der Waals surface area contributed by atoms with Gasteiger partial charge in [0.1, 0.15) is 12.4 Å². The molecule has 0 saturated carbocycles. The summed E-state index contributed by atoms with van der Waals surface area (Å²) in [5.41, 5.74) is 1.34. The molecule has 3 aromatic rings. The maximum Gasteiger partial charge on any atom is 0.224 e. The first-order valence-electron chi connectivity index (χ1n) is 8.16. The monoisotopic (exact) mass is 480 g/mol. The van der Waals surface area contributed by atoms with Crippen LogP contribution in [0.2, 0.25) is 10.0 Å². The van der Waals surface area contributed by atoms with Crippen LogP contribution in [0.25, 0.3) is 0 Å². The molecule has 0 unspecified atom stereocenters. The molecule has 3 rings (SSSR count). The fourth-order valence-electron chi connectivity index (χ4n) is 2.81. The number of hydrogen-bond acceptors (Lipinski definition) is 5. The van der Waals surface area contributed by atoms with Crippen LogP contribution in [0.15, 0.2) is 44.9 Å². The number of rotatable bonds is 6. The molecule has 2 aromatic heterocycles. The molecular weight excluding hydrogens is 463 g/mol. The summed E-state index contributed by atoms with van der Waals surface area (Å²) in [6.45, 7) is 3.66. The first kappa shape index (κ1) is 23.2. The van der Waals surface area contributed by atoms with E-state index in [0.717, 1.165) is 5.56 Å². The Kier molecular flexibility index (Phi) is 7.58. The van der Waals surface area contributed by atoms with Crippen molar-refractivity contribution in [3.05, 3.63) is 62.2 Å². The van der Waals surface area contributed by atoms with Crippen molar-refractivity contribution in [2.45, 2.75) is 42.8 Å². The van der Waals surface area contributed by atoms with Crippen molar-refractivity contribution in [2.24, 2.45) is 0 Å². The predicted octanol–water partition coefficient (Wildman–Crippen LogP) is 5.17. The second-order valence-electron chi connectivity index (χ2n) is 6.36. The Morgan fingerprint density at radius 1 is 1.21 bits per heavy atom. The molecule has 1 N–H and O–H groups in total. The van der Waals surface area contributed by atoms with Crippen molar-refractivity contribution in [3.63, 3.8) is 0 Å². The van der Waals surface area contributed by atoms with Crippen molar-refractivity contribution in [2.75, 3.05) is 0 Å². The molecule has 0 radical (unpaired) electrons. The molecule has 1 aromatic carbocycles. The number of aliphatic hydroxyl groups excluding tert-OH is 1. The van der Waals surface area contributed by atoms with E-state index in [-0.39, 0.29) is 44.9 Å². The van der Waals surface area contributed by atoms with Crippen LogP contribution in [0.5, 0.6) is 0 Å². The summed E-state index contributed by atoms with van der Waals surface area (Å²) in [7, 11) is -3.96. The summed E-state index contributed by atoms with van der Waals surface area (Å²) >= 11 is 13.6. The van der Waals surface area contributed by atoms with Crippen LogP contribution in [0.4, 0.5) is 0 Å². The largest absolute Gasteiger partial charge is 0.388 e. The van der Waals surface area contributed by atoms with E-state index in [1.807, 2.05) is 30.7 Å². The average molecular weight is 482 g/mol. The fourth-order valence-corrected chi connectivity index (χ4v) is 5.93. The summed E-state index contributed by atoms with van der Waals surface area (Å²) in [5, 5.41) is 14.2. The van der Waals surface area contributed by atoms with Gasteiger partial charge >= 0.3 is 0 Å². The van der Waals surface area contributed by atoms with Gasteiger partial charge in [-0.15, -0.1) is 12.4 Å². The van der Waals surface area contributed by atoms with Crippen molar-refractivity contribution < 1.29 is 13.5 Å². The zero-order valence-corrected chi connectivity index (χ0v) is 19.1. The van der Waals surface area contributed by atoms with Crippen LogP contribution in [0.3, 0.4) is 0 Å². The molecule has 10 heteroatoms. The van der Waals surface area contributed by atoms with Gasteiger partial charge in [0.2, 0.25) is 9.84 Å². The minimum absolute atomic E-state index is 0. The van der Waals surface area contributed by atoms with E-state index in [4.69, 9.17) is 23.2 Å². The second kappa shape index (κ2) is 9.15. The molecule has 0 aliphatic heterocycles. The highest BCUT2D eigenvalue weighted by molar-refractivity contribution is 7.91. The Labute approximate surface area is 184 Å². The zero-order valence-electron chi connectivity index (χ0n) is 15.1. The van der Waals surface area contributed by atoms with E-state index < -0.39 is 9.84 Å². The van der Waals surface area contributed by atoms with E-state index >= 15 is 0 Å². The molecule has 0 bridgehead atoms. The van der Waals surface area contributed by atoms with Crippen LogP contribution in [-0.2, 0) is 23.0 Å². The molecule has 0 spiro atoms. The number of aliphatic hydroxyl groups is 1. The summed E-state index contributed by atoms with van der Waals surface area (Å²) in [4.78, 5) is 4.41. The molecule has 2 heterocycles. The van der Waals surface area contributed by atoms with Gasteiger partial charge in [0.25, 0.3) is 0 Å². The van der Waals surface area contributed by atoms with E-state index in [1.54, 1.807) is 4.57 Å². The van der Waals surface area contributed by atoms with Crippen molar-refractivity contribution in [1.29, 1.82) is 0 Å². The number of halogens is 3. The van der Waals surface area contributed by atoms with Gasteiger partial charge in [0.15, 0.2) is 5.03 Å². The van der Waals surface area contributed by atoms with Gasteiger partial charge in [0.05, 0.1) is 17.1 Å². The third-order valence-electron chi connectivity index (χ3n) is 4.04. The summed E-state index contributed by atoms with van der Waals surface area (Å²) in [5.74, 6) is 0.148. The van der Waals surface area contributed by atoms with Gasteiger partial charge in [-0.05, 0) is 46.5 Å². The minimum atomic E-state index is -3.96. The lowest BCUT2D eigenvalue weighted by Crippen LogP contribution is -2.15. The average Bonchev–Trinajstić information content (AvgIpc) is 3.22. The number of thiophene rings is 1. The topological polar surface area (TPSA) is 72.2 Å². The maximum absolute atomic E-state index is 13.5. The maximum atomic E-state index is 13.5. The highest BCUT2D eigenvalue weighted by atomic mass is 35.5. The van der Waals surface area contributed by atoms with Crippen LogP contribution < -0.4 is 0 Å². The van der Waals surface area contributed by atoms with E-state index in [0.29, 0.717) is 18.1 Å². The Hall–Kier alpha value is -1.09. The number of imidazole rings is 1. The second-order valence-corrected chi connectivity index (χ2v) is 9.88. The SMILES string of the molecule is CC(C)c1nc(CO)n(Cc2ccsc2)c1S(=O)(=O)c1cc(Cl)cc(Cl)c1.Cl. The van der Waals surface area contributed by atoms with Crippen LogP contribution in [0.1, 0.15) is 36.8 Å². The standard InChI is InChI=1S/C18H18Cl2N2O3S2.ClH/c1-11(2)17-18(27(24,25)15-6-13(19)5-14(20)7-15)22(16(9-23)21-17)8-12-3-4-26-10-12;/h3-7,10-11,23H,8-9H2,1-2H3;1H. The lowest BCUT2D eigenvalue weighted by Gasteiger charge is -2.14. The molecular formula is C18H19Cl3N2O3S2. The number of hydrogen-bond donors (Lipinski definition) is 1. The smallest absolute Gasteiger partial charge is 0.224 e. The van der Waals surface area contributed by atoms with Gasteiger partial charge < -0.3 is 9.67 Å². The van der Waals surface area contributed by atoms with Gasteiger partial charge in [-0.2, -0.15) is 11.3 Å².